The maximum atomic E-state index is 13.2. The Labute approximate surface area is 94.6 Å². The Bertz CT molecular complexity index is 454. The van der Waals surface area contributed by atoms with Crippen LogP contribution in [0, 0.1) is 17.5 Å². The molecule has 0 saturated carbocycles. The zero-order valence-corrected chi connectivity index (χ0v) is 8.76. The van der Waals surface area contributed by atoms with Gasteiger partial charge in [-0.1, -0.05) is 0 Å². The number of nitrogens with one attached hydrogen (secondary N) is 1. The van der Waals surface area contributed by atoms with Gasteiger partial charge >= 0.3 is 0 Å². The number of benzene rings is 1. The fourth-order valence-electron chi connectivity index (χ4n) is 1.10. The molecule has 1 rings (SSSR count). The molecule has 0 unspecified atom stereocenters. The van der Waals surface area contributed by atoms with Crippen LogP contribution in [0.4, 0.5) is 13.2 Å². The molecule has 1 aromatic carbocycles. The van der Waals surface area contributed by atoms with Gasteiger partial charge in [-0.05, 0) is 6.92 Å². The molecule has 4 nitrogen and oxygen atoms in total. The third kappa shape index (κ3) is 2.96. The average Bonchev–Trinajstić information content (AvgIpc) is 2.15. The quantitative estimate of drug-likeness (QED) is 0.824. The third-order valence-electron chi connectivity index (χ3n) is 2.01. The summed E-state index contributed by atoms with van der Waals surface area (Å²) in [4.78, 5) is 22.0. The predicted molar refractivity (Wildman–Crippen MR) is 52.4 cm³/mol. The molecular formula is C10H9F3N2O2. The number of amides is 2. The van der Waals surface area contributed by atoms with E-state index in [1.807, 2.05) is 5.32 Å². The van der Waals surface area contributed by atoms with Gasteiger partial charge in [0.05, 0.1) is 0 Å². The normalized spacial score (nSPS) is 12.0. The first-order chi connectivity index (χ1) is 7.82. The molecule has 2 amide bonds. The summed E-state index contributed by atoms with van der Waals surface area (Å²) in [7, 11) is 0. The molecule has 0 spiro atoms. The van der Waals surface area contributed by atoms with Crippen LogP contribution >= 0.6 is 0 Å². The van der Waals surface area contributed by atoms with Gasteiger partial charge in [-0.15, -0.1) is 0 Å². The van der Waals surface area contributed by atoms with Gasteiger partial charge in [0, 0.05) is 12.1 Å². The van der Waals surface area contributed by atoms with E-state index in [1.165, 1.54) is 6.92 Å². The molecule has 0 radical (unpaired) electrons. The average molecular weight is 246 g/mol. The van der Waals surface area contributed by atoms with E-state index in [4.69, 9.17) is 5.73 Å². The number of carbonyl (C=O) groups excluding carboxylic acids is 2. The van der Waals surface area contributed by atoms with Gasteiger partial charge in [-0.3, -0.25) is 9.59 Å². The summed E-state index contributed by atoms with van der Waals surface area (Å²) >= 11 is 0. The van der Waals surface area contributed by atoms with Crippen LogP contribution in [0.15, 0.2) is 12.1 Å². The van der Waals surface area contributed by atoms with Gasteiger partial charge < -0.3 is 11.1 Å². The summed E-state index contributed by atoms with van der Waals surface area (Å²) in [5.74, 6) is -5.87. The van der Waals surface area contributed by atoms with Crippen molar-refractivity contribution in [2.75, 3.05) is 0 Å². The summed E-state index contributed by atoms with van der Waals surface area (Å²) in [5, 5.41) is 1.98. The zero-order valence-electron chi connectivity index (χ0n) is 8.76. The van der Waals surface area contributed by atoms with E-state index in [-0.39, 0.29) is 0 Å². The number of carbonyl (C=O) groups is 2. The SMILES string of the molecule is C[C@@H](NC(=O)c1c(F)cc(F)cc1F)C(N)=O. The van der Waals surface area contributed by atoms with Crippen molar-refractivity contribution >= 4 is 11.8 Å². The summed E-state index contributed by atoms with van der Waals surface area (Å²) in [5.41, 5.74) is 3.90. The lowest BCUT2D eigenvalue weighted by Gasteiger charge is -2.11. The topological polar surface area (TPSA) is 72.2 Å². The highest BCUT2D eigenvalue weighted by Crippen LogP contribution is 2.14. The molecule has 0 saturated heterocycles. The summed E-state index contributed by atoms with van der Waals surface area (Å²) < 4.78 is 38.9. The van der Waals surface area contributed by atoms with Gasteiger partial charge in [0.25, 0.3) is 5.91 Å². The second-order valence-corrected chi connectivity index (χ2v) is 3.34. The van der Waals surface area contributed by atoms with E-state index in [0.29, 0.717) is 12.1 Å². The summed E-state index contributed by atoms with van der Waals surface area (Å²) in [6, 6.07) is -0.355. The Morgan fingerprint density at radius 1 is 1.24 bits per heavy atom. The first kappa shape index (κ1) is 13.0. The molecule has 0 bridgehead atoms. The van der Waals surface area contributed by atoms with Gasteiger partial charge in [0.15, 0.2) is 0 Å². The summed E-state index contributed by atoms with van der Waals surface area (Å²) in [6.45, 7) is 1.25. The molecule has 0 aliphatic rings. The number of hydrogen-bond acceptors (Lipinski definition) is 2. The number of hydrogen-bond donors (Lipinski definition) is 2. The van der Waals surface area contributed by atoms with Crippen LogP contribution in [0.1, 0.15) is 17.3 Å². The number of nitrogens with two attached hydrogens (primary N) is 1. The monoisotopic (exact) mass is 246 g/mol. The molecule has 1 atom stereocenters. The van der Waals surface area contributed by atoms with Crippen LogP contribution in [0.2, 0.25) is 0 Å². The lowest BCUT2D eigenvalue weighted by atomic mass is 10.1. The third-order valence-corrected chi connectivity index (χ3v) is 2.01. The van der Waals surface area contributed by atoms with Crippen LogP contribution in [0.25, 0.3) is 0 Å². The maximum absolute atomic E-state index is 13.2. The first-order valence-corrected chi connectivity index (χ1v) is 4.57. The highest BCUT2D eigenvalue weighted by atomic mass is 19.1. The number of primary amides is 1. The molecule has 7 heteroatoms. The Hall–Kier alpha value is -2.05. The van der Waals surface area contributed by atoms with E-state index in [2.05, 4.69) is 0 Å². The largest absolute Gasteiger partial charge is 0.368 e. The molecular weight excluding hydrogens is 237 g/mol. The van der Waals surface area contributed by atoms with Crippen molar-refractivity contribution in [1.82, 2.24) is 5.32 Å². The summed E-state index contributed by atoms with van der Waals surface area (Å²) in [6.07, 6.45) is 0. The van der Waals surface area contributed by atoms with Crippen molar-refractivity contribution in [3.63, 3.8) is 0 Å². The number of rotatable bonds is 3. The number of halogens is 3. The predicted octanol–water partition coefficient (Wildman–Crippen LogP) is 0.708. The molecule has 0 aromatic heterocycles. The van der Waals surface area contributed by atoms with Crippen molar-refractivity contribution < 1.29 is 22.8 Å². The van der Waals surface area contributed by atoms with Crippen LogP contribution in [0.5, 0.6) is 0 Å². The molecule has 0 fully saturated rings. The molecule has 1 aromatic rings. The second-order valence-electron chi connectivity index (χ2n) is 3.34. The van der Waals surface area contributed by atoms with Crippen LogP contribution in [0.3, 0.4) is 0 Å². The molecule has 92 valence electrons. The minimum atomic E-state index is -1.35. The van der Waals surface area contributed by atoms with E-state index in [9.17, 15) is 22.8 Å². The van der Waals surface area contributed by atoms with Crippen molar-refractivity contribution in [3.05, 3.63) is 35.1 Å². The Kier molecular flexibility index (Phi) is 3.72. The van der Waals surface area contributed by atoms with Crippen molar-refractivity contribution in [1.29, 1.82) is 0 Å². The van der Waals surface area contributed by atoms with E-state index in [0.717, 1.165) is 0 Å². The lowest BCUT2D eigenvalue weighted by molar-refractivity contribution is -0.119. The molecule has 3 N–H and O–H groups in total. The van der Waals surface area contributed by atoms with E-state index < -0.39 is 40.9 Å². The van der Waals surface area contributed by atoms with E-state index >= 15 is 0 Å². The molecule has 0 aliphatic carbocycles. The minimum Gasteiger partial charge on any atom is -0.368 e. The second kappa shape index (κ2) is 4.86. The van der Waals surface area contributed by atoms with Gasteiger partial charge in [-0.25, -0.2) is 13.2 Å². The highest BCUT2D eigenvalue weighted by molar-refractivity contribution is 5.97. The van der Waals surface area contributed by atoms with Crippen LogP contribution in [-0.4, -0.2) is 17.9 Å². The maximum Gasteiger partial charge on any atom is 0.257 e. The first-order valence-electron chi connectivity index (χ1n) is 4.57. The van der Waals surface area contributed by atoms with E-state index in [1.54, 1.807) is 0 Å². The highest BCUT2D eigenvalue weighted by Gasteiger charge is 2.21. The fraction of sp³-hybridized carbons (Fsp3) is 0.200. The Balaban J connectivity index is 3.01. The van der Waals surface area contributed by atoms with Crippen molar-refractivity contribution in [2.24, 2.45) is 5.73 Å². The van der Waals surface area contributed by atoms with Gasteiger partial charge in [0.2, 0.25) is 5.91 Å². The van der Waals surface area contributed by atoms with Crippen LogP contribution in [-0.2, 0) is 4.79 Å². The molecule has 17 heavy (non-hydrogen) atoms. The van der Waals surface area contributed by atoms with Crippen LogP contribution < -0.4 is 11.1 Å². The smallest absolute Gasteiger partial charge is 0.257 e. The standard InChI is InChI=1S/C10H9F3N2O2/c1-4(9(14)16)15-10(17)8-6(12)2-5(11)3-7(8)13/h2-4H,1H3,(H2,14,16)(H,15,17)/t4-/m1/s1. The fourth-order valence-corrected chi connectivity index (χ4v) is 1.10. The van der Waals surface area contributed by atoms with Gasteiger partial charge in [-0.2, -0.15) is 0 Å². The lowest BCUT2D eigenvalue weighted by Crippen LogP contribution is -2.42. The van der Waals surface area contributed by atoms with Crippen molar-refractivity contribution in [2.45, 2.75) is 13.0 Å². The zero-order chi connectivity index (χ0) is 13.2. The Morgan fingerprint density at radius 3 is 2.12 bits per heavy atom. The minimum absolute atomic E-state index is 0.368. The Morgan fingerprint density at radius 2 is 1.71 bits per heavy atom. The molecule has 0 aliphatic heterocycles. The van der Waals surface area contributed by atoms with Gasteiger partial charge in [0.1, 0.15) is 29.1 Å². The van der Waals surface area contributed by atoms with Crippen molar-refractivity contribution in [3.8, 4) is 0 Å². The molecule has 0 heterocycles.